The Bertz CT molecular complexity index is 478. The van der Waals surface area contributed by atoms with Crippen LogP contribution in [0.1, 0.15) is 45.0 Å². The van der Waals surface area contributed by atoms with Crippen molar-refractivity contribution in [3.63, 3.8) is 0 Å². The molecular formula is C15H27N5O. The third-order valence-electron chi connectivity index (χ3n) is 3.82. The summed E-state index contributed by atoms with van der Waals surface area (Å²) in [5, 5.41) is 3.42. The van der Waals surface area contributed by atoms with Gasteiger partial charge >= 0.3 is 0 Å². The minimum atomic E-state index is -0.116. The van der Waals surface area contributed by atoms with Crippen molar-refractivity contribution in [3.05, 3.63) is 11.4 Å². The van der Waals surface area contributed by atoms with E-state index in [1.807, 2.05) is 6.92 Å². The summed E-state index contributed by atoms with van der Waals surface area (Å²) in [5.41, 5.74) is 3.50. The topological polar surface area (TPSA) is 85.1 Å². The molecule has 0 radical (unpaired) electrons. The van der Waals surface area contributed by atoms with E-state index in [1.165, 1.54) is 0 Å². The maximum Gasteiger partial charge on any atom is 0.148 e. The van der Waals surface area contributed by atoms with Crippen LogP contribution in [-0.2, 0) is 10.2 Å². The van der Waals surface area contributed by atoms with Gasteiger partial charge < -0.3 is 15.5 Å². The summed E-state index contributed by atoms with van der Waals surface area (Å²) < 4.78 is 5.40. The van der Waals surface area contributed by atoms with Crippen molar-refractivity contribution in [3.8, 4) is 0 Å². The molecule has 0 spiro atoms. The first-order valence-corrected chi connectivity index (χ1v) is 7.59. The molecule has 0 saturated carbocycles. The molecule has 4 N–H and O–H groups in total. The summed E-state index contributed by atoms with van der Waals surface area (Å²) in [6.07, 6.45) is 2.26. The molecule has 1 aromatic rings. The second kappa shape index (κ2) is 6.58. The maximum atomic E-state index is 5.58. The second-order valence-electron chi connectivity index (χ2n) is 6.71. The lowest BCUT2D eigenvalue weighted by molar-refractivity contribution is 0.185. The monoisotopic (exact) mass is 293 g/mol. The molecule has 0 amide bonds. The third-order valence-corrected chi connectivity index (χ3v) is 3.82. The first-order chi connectivity index (χ1) is 9.91. The van der Waals surface area contributed by atoms with E-state index in [9.17, 15) is 0 Å². The third kappa shape index (κ3) is 4.04. The van der Waals surface area contributed by atoms with Gasteiger partial charge in [0.05, 0.1) is 0 Å². The highest BCUT2D eigenvalue weighted by atomic mass is 16.5. The lowest BCUT2D eigenvalue weighted by Crippen LogP contribution is -2.22. The molecule has 0 aliphatic carbocycles. The van der Waals surface area contributed by atoms with Crippen LogP contribution in [0.3, 0.4) is 0 Å². The van der Waals surface area contributed by atoms with Crippen LogP contribution in [0.4, 0.5) is 11.6 Å². The molecule has 1 saturated heterocycles. The highest BCUT2D eigenvalue weighted by molar-refractivity contribution is 5.57. The van der Waals surface area contributed by atoms with Crippen molar-refractivity contribution in [2.24, 2.45) is 11.8 Å². The van der Waals surface area contributed by atoms with Crippen molar-refractivity contribution in [2.45, 2.75) is 46.0 Å². The van der Waals surface area contributed by atoms with Crippen molar-refractivity contribution >= 4 is 11.6 Å². The SMILES string of the molecule is Cc1c(NN)nc(C(C)(C)C)nc1NCCC1CCOC1. The van der Waals surface area contributed by atoms with E-state index < -0.39 is 0 Å². The van der Waals surface area contributed by atoms with Crippen molar-refractivity contribution in [2.75, 3.05) is 30.5 Å². The molecule has 0 bridgehead atoms. The summed E-state index contributed by atoms with van der Waals surface area (Å²) in [6, 6.07) is 0. The smallest absolute Gasteiger partial charge is 0.148 e. The summed E-state index contributed by atoms with van der Waals surface area (Å²) >= 11 is 0. The first kappa shape index (κ1) is 16.0. The van der Waals surface area contributed by atoms with E-state index >= 15 is 0 Å². The Morgan fingerprint density at radius 2 is 2.00 bits per heavy atom. The molecule has 1 unspecified atom stereocenters. The van der Waals surface area contributed by atoms with Crippen LogP contribution in [0.25, 0.3) is 0 Å². The largest absolute Gasteiger partial charge is 0.381 e. The predicted octanol–water partition coefficient (Wildman–Crippen LogP) is 2.21. The zero-order valence-electron chi connectivity index (χ0n) is 13.5. The Kier molecular flexibility index (Phi) is 5.00. The average molecular weight is 293 g/mol. The minimum Gasteiger partial charge on any atom is -0.381 e. The Morgan fingerprint density at radius 3 is 2.57 bits per heavy atom. The highest BCUT2D eigenvalue weighted by Crippen LogP contribution is 2.26. The van der Waals surface area contributed by atoms with E-state index in [0.29, 0.717) is 11.7 Å². The predicted molar refractivity (Wildman–Crippen MR) is 85.3 cm³/mol. The van der Waals surface area contributed by atoms with Crippen LogP contribution in [0, 0.1) is 12.8 Å². The van der Waals surface area contributed by atoms with Crippen molar-refractivity contribution in [1.29, 1.82) is 0 Å². The van der Waals surface area contributed by atoms with Crippen LogP contribution in [0.15, 0.2) is 0 Å². The van der Waals surface area contributed by atoms with Gasteiger partial charge in [-0.1, -0.05) is 20.8 Å². The molecule has 2 rings (SSSR count). The summed E-state index contributed by atoms with van der Waals surface area (Å²) in [4.78, 5) is 9.17. The van der Waals surface area contributed by atoms with E-state index in [-0.39, 0.29) is 5.41 Å². The number of hydrogen-bond acceptors (Lipinski definition) is 6. The van der Waals surface area contributed by atoms with E-state index in [2.05, 4.69) is 41.5 Å². The number of nitrogen functional groups attached to an aromatic ring is 1. The molecule has 1 aliphatic rings. The first-order valence-electron chi connectivity index (χ1n) is 7.59. The fraction of sp³-hybridized carbons (Fsp3) is 0.733. The zero-order chi connectivity index (χ0) is 15.5. The fourth-order valence-electron chi connectivity index (χ4n) is 2.37. The second-order valence-corrected chi connectivity index (χ2v) is 6.71. The van der Waals surface area contributed by atoms with Gasteiger partial charge in [-0.3, -0.25) is 0 Å². The molecule has 21 heavy (non-hydrogen) atoms. The number of ether oxygens (including phenoxy) is 1. The van der Waals surface area contributed by atoms with Gasteiger partial charge in [-0.15, -0.1) is 0 Å². The van der Waals surface area contributed by atoms with Gasteiger partial charge in [0.15, 0.2) is 0 Å². The molecule has 2 heterocycles. The van der Waals surface area contributed by atoms with Crippen LogP contribution in [-0.4, -0.2) is 29.7 Å². The number of hydrazine groups is 1. The number of nitrogens with zero attached hydrogens (tertiary/aromatic N) is 2. The van der Waals surface area contributed by atoms with Crippen molar-refractivity contribution < 1.29 is 4.74 Å². The van der Waals surface area contributed by atoms with Crippen LogP contribution >= 0.6 is 0 Å². The number of nitrogens with one attached hydrogen (secondary N) is 2. The van der Waals surface area contributed by atoms with Crippen LogP contribution in [0.2, 0.25) is 0 Å². The quantitative estimate of drug-likeness (QED) is 0.570. The number of rotatable bonds is 5. The van der Waals surface area contributed by atoms with Gasteiger partial charge in [-0.25, -0.2) is 15.8 Å². The average Bonchev–Trinajstić information content (AvgIpc) is 2.92. The molecule has 0 aromatic carbocycles. The molecule has 118 valence electrons. The molecule has 1 aliphatic heterocycles. The van der Waals surface area contributed by atoms with Gasteiger partial charge in [-0.05, 0) is 25.7 Å². The van der Waals surface area contributed by atoms with Gasteiger partial charge in [-0.2, -0.15) is 0 Å². The number of anilines is 2. The lowest BCUT2D eigenvalue weighted by Gasteiger charge is -2.21. The fourth-order valence-corrected chi connectivity index (χ4v) is 2.37. The summed E-state index contributed by atoms with van der Waals surface area (Å²) in [6.45, 7) is 10.9. The zero-order valence-corrected chi connectivity index (χ0v) is 13.5. The normalized spacial score (nSPS) is 18.8. The summed E-state index contributed by atoms with van der Waals surface area (Å²) in [5.74, 6) is 8.57. The van der Waals surface area contributed by atoms with Crippen LogP contribution in [0.5, 0.6) is 0 Å². The number of nitrogens with two attached hydrogens (primary N) is 1. The molecule has 1 aromatic heterocycles. The molecule has 1 fully saturated rings. The maximum absolute atomic E-state index is 5.58. The highest BCUT2D eigenvalue weighted by Gasteiger charge is 2.21. The molecular weight excluding hydrogens is 266 g/mol. The summed E-state index contributed by atoms with van der Waals surface area (Å²) in [7, 11) is 0. The van der Waals surface area contributed by atoms with E-state index in [0.717, 1.165) is 49.8 Å². The Morgan fingerprint density at radius 1 is 1.29 bits per heavy atom. The van der Waals surface area contributed by atoms with Gasteiger partial charge in [0.25, 0.3) is 0 Å². The molecule has 6 heteroatoms. The number of aromatic nitrogens is 2. The van der Waals surface area contributed by atoms with Gasteiger partial charge in [0.1, 0.15) is 17.5 Å². The number of hydrogen-bond donors (Lipinski definition) is 3. The van der Waals surface area contributed by atoms with E-state index in [1.54, 1.807) is 0 Å². The molecule has 6 nitrogen and oxygen atoms in total. The minimum absolute atomic E-state index is 0.116. The lowest BCUT2D eigenvalue weighted by atomic mass is 9.95. The van der Waals surface area contributed by atoms with Crippen LogP contribution < -0.4 is 16.6 Å². The van der Waals surface area contributed by atoms with Gasteiger partial charge in [0.2, 0.25) is 0 Å². The molecule has 1 atom stereocenters. The van der Waals surface area contributed by atoms with Crippen molar-refractivity contribution in [1.82, 2.24) is 9.97 Å². The standard InChI is InChI=1S/C15H27N5O/c1-10-12(17-7-5-11-6-8-21-9-11)18-14(15(2,3)4)19-13(10)20-16/h11H,5-9,16H2,1-4H3,(H2,17,18,19,20). The Balaban J connectivity index is 2.09. The van der Waals surface area contributed by atoms with Gasteiger partial charge in [0, 0.05) is 30.7 Å². The Labute approximate surface area is 126 Å². The van der Waals surface area contributed by atoms with E-state index in [4.69, 9.17) is 10.6 Å². The Hall–Kier alpha value is -1.40.